The normalized spacial score (nSPS) is 17.9. The number of carbonyl (C=O) groups is 1. The number of imidazole rings is 1. The highest BCUT2D eigenvalue weighted by Crippen LogP contribution is 2.32. The number of nitrogens with one attached hydrogen (secondary N) is 2. The molecule has 1 saturated heterocycles. The van der Waals surface area contributed by atoms with Crippen LogP contribution in [0.25, 0.3) is 22.5 Å². The second-order valence-electron chi connectivity index (χ2n) is 6.85. The van der Waals surface area contributed by atoms with Crippen LogP contribution in [-0.4, -0.2) is 41.2 Å². The van der Waals surface area contributed by atoms with E-state index in [1.807, 2.05) is 60.7 Å². The zero-order valence-electron chi connectivity index (χ0n) is 15.7. The number of hydrogen-bond acceptors (Lipinski definition) is 5. The van der Waals surface area contributed by atoms with Gasteiger partial charge in [-0.1, -0.05) is 72.4 Å². The molecule has 2 N–H and O–H groups in total. The van der Waals surface area contributed by atoms with Crippen molar-refractivity contribution < 1.29 is 13.2 Å². The largest absolute Gasteiger partial charge is 0.339 e. The standard InChI is InChI=1S/C21H21N3O3S2/c25-17(22-18-12-7-13-29(18,26)27)14-28-21-23-19(15-8-3-1-4-9-15)20(24-21)16-10-5-2-6-11-16/h1-6,8-11,18H,7,12-14H2,(H,22,25)(H,23,24)/t18-/m0/s1. The number of amides is 1. The van der Waals surface area contributed by atoms with Gasteiger partial charge in [-0.2, -0.15) is 0 Å². The van der Waals surface area contributed by atoms with Crippen LogP contribution >= 0.6 is 11.8 Å². The molecular weight excluding hydrogens is 406 g/mol. The average molecular weight is 428 g/mol. The first-order chi connectivity index (χ1) is 14.0. The van der Waals surface area contributed by atoms with Crippen LogP contribution in [0.4, 0.5) is 0 Å². The number of hydrogen-bond donors (Lipinski definition) is 2. The third kappa shape index (κ3) is 4.54. The van der Waals surface area contributed by atoms with E-state index >= 15 is 0 Å². The summed E-state index contributed by atoms with van der Waals surface area (Å²) in [7, 11) is -3.20. The van der Waals surface area contributed by atoms with Gasteiger partial charge in [-0.25, -0.2) is 13.4 Å². The van der Waals surface area contributed by atoms with Crippen LogP contribution in [0.2, 0.25) is 0 Å². The zero-order valence-corrected chi connectivity index (χ0v) is 17.3. The average Bonchev–Trinajstić information content (AvgIpc) is 3.31. The van der Waals surface area contributed by atoms with Crippen molar-refractivity contribution in [3.8, 4) is 22.5 Å². The summed E-state index contributed by atoms with van der Waals surface area (Å²) >= 11 is 1.26. The van der Waals surface area contributed by atoms with Crippen LogP contribution in [0.15, 0.2) is 65.8 Å². The molecule has 2 heterocycles. The molecule has 0 aliphatic carbocycles. The minimum Gasteiger partial charge on any atom is -0.339 e. The van der Waals surface area contributed by atoms with E-state index in [4.69, 9.17) is 4.98 Å². The number of H-pyrrole nitrogens is 1. The first-order valence-corrected chi connectivity index (χ1v) is 12.1. The van der Waals surface area contributed by atoms with Gasteiger partial charge in [0.05, 0.1) is 22.9 Å². The van der Waals surface area contributed by atoms with Crippen LogP contribution in [0.5, 0.6) is 0 Å². The molecule has 3 aromatic rings. The Kier molecular flexibility index (Phi) is 5.73. The summed E-state index contributed by atoms with van der Waals surface area (Å²) in [5, 5.41) is 2.50. The Balaban J connectivity index is 1.52. The summed E-state index contributed by atoms with van der Waals surface area (Å²) in [4.78, 5) is 20.3. The number of benzene rings is 2. The number of nitrogens with zero attached hydrogens (tertiary/aromatic N) is 1. The predicted octanol–water partition coefficient (Wildman–Crippen LogP) is 3.49. The Morgan fingerprint density at radius 1 is 1.07 bits per heavy atom. The molecule has 1 aromatic heterocycles. The molecule has 1 aliphatic rings. The van der Waals surface area contributed by atoms with Gasteiger partial charge in [-0.05, 0) is 12.8 Å². The van der Waals surface area contributed by atoms with Crippen molar-refractivity contribution in [3.63, 3.8) is 0 Å². The lowest BCUT2D eigenvalue weighted by molar-refractivity contribution is -0.118. The topological polar surface area (TPSA) is 91.9 Å². The van der Waals surface area contributed by atoms with E-state index in [2.05, 4.69) is 10.3 Å². The Morgan fingerprint density at radius 3 is 2.34 bits per heavy atom. The van der Waals surface area contributed by atoms with Crippen LogP contribution in [0, 0.1) is 0 Å². The summed E-state index contributed by atoms with van der Waals surface area (Å²) in [5.41, 5.74) is 3.69. The molecule has 0 saturated carbocycles. The fourth-order valence-electron chi connectivity index (χ4n) is 3.35. The summed E-state index contributed by atoms with van der Waals surface area (Å²) in [5.74, 6) is -0.0593. The van der Waals surface area contributed by atoms with Crippen molar-refractivity contribution in [3.05, 3.63) is 60.7 Å². The molecule has 150 valence electrons. The van der Waals surface area contributed by atoms with Crippen molar-refractivity contribution in [2.24, 2.45) is 0 Å². The third-order valence-electron chi connectivity index (χ3n) is 4.78. The van der Waals surface area contributed by atoms with Crippen LogP contribution in [-0.2, 0) is 14.6 Å². The molecule has 0 bridgehead atoms. The molecule has 2 aromatic carbocycles. The second kappa shape index (κ2) is 8.42. The first-order valence-electron chi connectivity index (χ1n) is 9.37. The highest BCUT2D eigenvalue weighted by Gasteiger charge is 2.32. The molecule has 29 heavy (non-hydrogen) atoms. The van der Waals surface area contributed by atoms with Crippen LogP contribution in [0.3, 0.4) is 0 Å². The summed E-state index contributed by atoms with van der Waals surface area (Å²) in [6.45, 7) is 0. The smallest absolute Gasteiger partial charge is 0.231 e. The Bertz CT molecular complexity index is 1040. The SMILES string of the molecule is O=C(CSc1nc(-c2ccccc2)c(-c2ccccc2)[nH]1)N[C@@H]1CCCS1(=O)=O. The quantitative estimate of drug-likeness (QED) is 0.588. The molecule has 1 fully saturated rings. The number of carbonyl (C=O) groups excluding carboxylic acids is 1. The van der Waals surface area contributed by atoms with Gasteiger partial charge >= 0.3 is 0 Å². The molecule has 0 spiro atoms. The molecule has 4 rings (SSSR count). The summed E-state index contributed by atoms with van der Waals surface area (Å²) in [6.07, 6.45) is 1.08. The fourth-order valence-corrected chi connectivity index (χ4v) is 5.72. The van der Waals surface area contributed by atoms with E-state index in [0.29, 0.717) is 18.0 Å². The minimum atomic E-state index is -3.20. The lowest BCUT2D eigenvalue weighted by Crippen LogP contribution is -2.38. The maximum Gasteiger partial charge on any atom is 0.231 e. The van der Waals surface area contributed by atoms with Crippen molar-refractivity contribution in [1.29, 1.82) is 0 Å². The van der Waals surface area contributed by atoms with Crippen molar-refractivity contribution in [1.82, 2.24) is 15.3 Å². The molecule has 1 aliphatic heterocycles. The lowest BCUT2D eigenvalue weighted by atomic mass is 10.1. The second-order valence-corrected chi connectivity index (χ2v) is 10.1. The molecular formula is C21H21N3O3S2. The lowest BCUT2D eigenvalue weighted by Gasteiger charge is -2.11. The van der Waals surface area contributed by atoms with Gasteiger partial charge in [-0.15, -0.1) is 0 Å². The van der Waals surface area contributed by atoms with E-state index in [0.717, 1.165) is 22.5 Å². The minimum absolute atomic E-state index is 0.0992. The number of sulfone groups is 1. The Hall–Kier alpha value is -2.58. The van der Waals surface area contributed by atoms with Crippen LogP contribution < -0.4 is 5.32 Å². The molecule has 8 heteroatoms. The highest BCUT2D eigenvalue weighted by atomic mass is 32.2. The molecule has 1 amide bonds. The van der Waals surface area contributed by atoms with E-state index in [-0.39, 0.29) is 17.4 Å². The van der Waals surface area contributed by atoms with Gasteiger partial charge in [-0.3, -0.25) is 4.79 Å². The van der Waals surface area contributed by atoms with Gasteiger partial charge in [0, 0.05) is 11.1 Å². The van der Waals surface area contributed by atoms with Gasteiger partial charge in [0.1, 0.15) is 5.37 Å². The molecule has 6 nitrogen and oxygen atoms in total. The number of thioether (sulfide) groups is 1. The zero-order chi connectivity index (χ0) is 20.3. The summed E-state index contributed by atoms with van der Waals surface area (Å²) < 4.78 is 23.8. The van der Waals surface area contributed by atoms with Gasteiger partial charge in [0.2, 0.25) is 5.91 Å². The van der Waals surface area contributed by atoms with Gasteiger partial charge in [0.25, 0.3) is 0 Å². The number of aromatic nitrogens is 2. The van der Waals surface area contributed by atoms with E-state index in [9.17, 15) is 13.2 Å². The first kappa shape index (κ1) is 19.7. The van der Waals surface area contributed by atoms with Crippen molar-refractivity contribution >= 4 is 27.5 Å². The van der Waals surface area contributed by atoms with Crippen molar-refractivity contribution in [2.45, 2.75) is 23.4 Å². The summed E-state index contributed by atoms with van der Waals surface area (Å²) in [6, 6.07) is 19.8. The maximum atomic E-state index is 12.3. The highest BCUT2D eigenvalue weighted by molar-refractivity contribution is 7.99. The molecule has 1 atom stereocenters. The number of rotatable bonds is 6. The maximum absolute atomic E-state index is 12.3. The fraction of sp³-hybridized carbons (Fsp3) is 0.238. The number of aromatic amines is 1. The van der Waals surface area contributed by atoms with Crippen LogP contribution in [0.1, 0.15) is 12.8 Å². The Labute approximate surface area is 174 Å². The Morgan fingerprint density at radius 2 is 1.72 bits per heavy atom. The van der Waals surface area contributed by atoms with E-state index in [1.165, 1.54) is 11.8 Å². The van der Waals surface area contributed by atoms with Gasteiger partial charge in [0.15, 0.2) is 15.0 Å². The molecule has 0 unspecified atom stereocenters. The molecule has 0 radical (unpaired) electrons. The third-order valence-corrected chi connectivity index (χ3v) is 7.73. The van der Waals surface area contributed by atoms with Gasteiger partial charge < -0.3 is 10.3 Å². The van der Waals surface area contributed by atoms with E-state index < -0.39 is 15.2 Å². The van der Waals surface area contributed by atoms with Crippen molar-refractivity contribution in [2.75, 3.05) is 11.5 Å². The monoisotopic (exact) mass is 427 g/mol. The predicted molar refractivity (Wildman–Crippen MR) is 115 cm³/mol. The van der Waals surface area contributed by atoms with E-state index in [1.54, 1.807) is 0 Å².